The molecule has 0 aliphatic carbocycles. The quantitative estimate of drug-likeness (QED) is 0.751. The lowest BCUT2D eigenvalue weighted by molar-refractivity contribution is 0.102. The Bertz CT molecular complexity index is 886. The largest absolute Gasteiger partial charge is 0.495 e. The van der Waals surface area contributed by atoms with Crippen LogP contribution in [0.25, 0.3) is 10.8 Å². The first-order valence-corrected chi connectivity index (χ1v) is 8.13. The first-order chi connectivity index (χ1) is 12.1. The van der Waals surface area contributed by atoms with E-state index in [1.165, 1.54) is 0 Å². The standard InChI is InChI=1S/C19H22N4O2/c1-22(2)10-11-23-13-15(12-20-23)19(24)21-18-16-7-5-4-6-14(16)8-9-17(18)25-3/h4-9,12-13H,10-11H2,1-3H3,(H,21,24). The van der Waals surface area contributed by atoms with Crippen LogP contribution in [0.1, 0.15) is 10.4 Å². The maximum absolute atomic E-state index is 12.6. The van der Waals surface area contributed by atoms with Gasteiger partial charge in [-0.3, -0.25) is 9.48 Å². The van der Waals surface area contributed by atoms with Gasteiger partial charge in [0, 0.05) is 18.1 Å². The van der Waals surface area contributed by atoms with E-state index >= 15 is 0 Å². The van der Waals surface area contributed by atoms with E-state index in [1.54, 1.807) is 24.2 Å². The van der Waals surface area contributed by atoms with Crippen LogP contribution in [-0.4, -0.2) is 48.3 Å². The molecule has 3 rings (SSSR count). The fourth-order valence-corrected chi connectivity index (χ4v) is 2.64. The lowest BCUT2D eigenvalue weighted by Gasteiger charge is -2.13. The Labute approximate surface area is 147 Å². The van der Waals surface area contributed by atoms with Crippen molar-refractivity contribution in [3.63, 3.8) is 0 Å². The summed E-state index contributed by atoms with van der Waals surface area (Å²) in [6, 6.07) is 11.7. The zero-order valence-electron chi connectivity index (χ0n) is 14.7. The second kappa shape index (κ2) is 7.36. The lowest BCUT2D eigenvalue weighted by Crippen LogP contribution is -2.18. The summed E-state index contributed by atoms with van der Waals surface area (Å²) in [6.45, 7) is 1.59. The van der Waals surface area contributed by atoms with Crippen molar-refractivity contribution >= 4 is 22.4 Å². The van der Waals surface area contributed by atoms with Crippen molar-refractivity contribution in [3.8, 4) is 5.75 Å². The molecular weight excluding hydrogens is 316 g/mol. The number of hydrogen-bond donors (Lipinski definition) is 1. The molecule has 0 saturated heterocycles. The highest BCUT2D eigenvalue weighted by molar-refractivity contribution is 6.10. The highest BCUT2D eigenvalue weighted by Crippen LogP contribution is 2.33. The van der Waals surface area contributed by atoms with Crippen molar-refractivity contribution in [2.24, 2.45) is 0 Å². The minimum Gasteiger partial charge on any atom is -0.495 e. The van der Waals surface area contributed by atoms with E-state index < -0.39 is 0 Å². The summed E-state index contributed by atoms with van der Waals surface area (Å²) in [4.78, 5) is 14.7. The maximum atomic E-state index is 12.6. The van der Waals surface area contributed by atoms with E-state index in [0.717, 1.165) is 23.9 Å². The molecule has 1 amide bonds. The Balaban J connectivity index is 1.85. The van der Waals surface area contributed by atoms with Gasteiger partial charge in [0.25, 0.3) is 5.91 Å². The molecule has 1 heterocycles. The molecule has 25 heavy (non-hydrogen) atoms. The van der Waals surface area contributed by atoms with Gasteiger partial charge in [-0.25, -0.2) is 0 Å². The number of anilines is 1. The summed E-state index contributed by atoms with van der Waals surface area (Å²) in [6.07, 6.45) is 3.35. The first kappa shape index (κ1) is 17.0. The van der Waals surface area contributed by atoms with Gasteiger partial charge in [0.2, 0.25) is 0 Å². The number of nitrogens with zero attached hydrogens (tertiary/aromatic N) is 3. The van der Waals surface area contributed by atoms with Gasteiger partial charge < -0.3 is 15.0 Å². The van der Waals surface area contributed by atoms with Crippen LogP contribution in [0, 0.1) is 0 Å². The van der Waals surface area contributed by atoms with Crippen LogP contribution in [0.2, 0.25) is 0 Å². The van der Waals surface area contributed by atoms with Gasteiger partial charge >= 0.3 is 0 Å². The summed E-state index contributed by atoms with van der Waals surface area (Å²) in [5.74, 6) is 0.429. The number of methoxy groups -OCH3 is 1. The second-order valence-electron chi connectivity index (χ2n) is 6.11. The summed E-state index contributed by atoms with van der Waals surface area (Å²) in [5.41, 5.74) is 1.19. The minimum absolute atomic E-state index is 0.203. The molecule has 1 N–H and O–H groups in total. The lowest BCUT2D eigenvalue weighted by atomic mass is 10.1. The molecular formula is C19H22N4O2. The molecule has 2 aromatic carbocycles. The fraction of sp³-hybridized carbons (Fsp3) is 0.263. The molecule has 0 saturated carbocycles. The Hall–Kier alpha value is -2.86. The number of carbonyl (C=O) groups excluding carboxylic acids is 1. The average molecular weight is 338 g/mol. The SMILES string of the molecule is COc1ccc2ccccc2c1NC(=O)c1cnn(CCN(C)C)c1. The molecule has 0 atom stereocenters. The first-order valence-electron chi connectivity index (χ1n) is 8.13. The van der Waals surface area contributed by atoms with Crippen LogP contribution in [0.3, 0.4) is 0 Å². The monoisotopic (exact) mass is 338 g/mol. The third-order valence-electron chi connectivity index (χ3n) is 4.02. The highest BCUT2D eigenvalue weighted by atomic mass is 16.5. The van der Waals surface area contributed by atoms with Crippen LogP contribution < -0.4 is 10.1 Å². The van der Waals surface area contributed by atoms with Gasteiger partial charge in [0.15, 0.2) is 0 Å². The molecule has 6 heteroatoms. The molecule has 0 aliphatic heterocycles. The van der Waals surface area contributed by atoms with Crippen LogP contribution >= 0.6 is 0 Å². The van der Waals surface area contributed by atoms with E-state index in [4.69, 9.17) is 4.74 Å². The summed E-state index contributed by atoms with van der Waals surface area (Å²) in [7, 11) is 5.60. The second-order valence-corrected chi connectivity index (χ2v) is 6.11. The van der Waals surface area contributed by atoms with Crippen molar-refractivity contribution in [1.29, 1.82) is 0 Å². The Morgan fingerprint density at radius 2 is 2.04 bits per heavy atom. The summed E-state index contributed by atoms with van der Waals surface area (Å²) < 4.78 is 7.19. The zero-order valence-corrected chi connectivity index (χ0v) is 14.7. The van der Waals surface area contributed by atoms with E-state index in [-0.39, 0.29) is 5.91 Å². The van der Waals surface area contributed by atoms with E-state index in [0.29, 0.717) is 17.0 Å². The van der Waals surface area contributed by atoms with Crippen LogP contribution in [0.5, 0.6) is 5.75 Å². The number of aromatic nitrogens is 2. The Morgan fingerprint density at radius 1 is 1.24 bits per heavy atom. The normalized spacial score (nSPS) is 11.0. The Kier molecular flexibility index (Phi) is 5.00. The molecule has 3 aromatic rings. The van der Waals surface area contributed by atoms with E-state index in [9.17, 15) is 4.79 Å². The number of likely N-dealkylation sites (N-methyl/N-ethyl adjacent to an activating group) is 1. The Morgan fingerprint density at radius 3 is 2.80 bits per heavy atom. The fourth-order valence-electron chi connectivity index (χ4n) is 2.64. The van der Waals surface area contributed by atoms with Crippen molar-refractivity contribution in [2.45, 2.75) is 6.54 Å². The molecule has 0 spiro atoms. The number of benzene rings is 2. The van der Waals surface area contributed by atoms with Crippen LogP contribution in [-0.2, 0) is 6.54 Å². The number of rotatable bonds is 6. The predicted molar refractivity (Wildman–Crippen MR) is 99.2 cm³/mol. The predicted octanol–water partition coefficient (Wildman–Crippen LogP) is 2.86. The third kappa shape index (κ3) is 3.80. The zero-order chi connectivity index (χ0) is 17.8. The molecule has 130 valence electrons. The van der Waals surface area contributed by atoms with Crippen molar-refractivity contribution in [1.82, 2.24) is 14.7 Å². The highest BCUT2D eigenvalue weighted by Gasteiger charge is 2.14. The van der Waals surface area contributed by atoms with E-state index in [1.807, 2.05) is 50.5 Å². The molecule has 0 bridgehead atoms. The maximum Gasteiger partial charge on any atom is 0.258 e. The van der Waals surface area contributed by atoms with Gasteiger partial charge in [-0.05, 0) is 25.5 Å². The molecule has 1 aromatic heterocycles. The molecule has 6 nitrogen and oxygen atoms in total. The summed E-state index contributed by atoms with van der Waals surface area (Å²) in [5, 5.41) is 9.21. The van der Waals surface area contributed by atoms with Crippen LogP contribution in [0.4, 0.5) is 5.69 Å². The van der Waals surface area contributed by atoms with Crippen molar-refractivity contribution < 1.29 is 9.53 Å². The molecule has 0 aliphatic rings. The number of amides is 1. The molecule has 0 unspecified atom stereocenters. The van der Waals surface area contributed by atoms with Gasteiger partial charge in [0.05, 0.1) is 31.1 Å². The van der Waals surface area contributed by atoms with Gasteiger partial charge in [-0.2, -0.15) is 5.10 Å². The summed E-state index contributed by atoms with van der Waals surface area (Å²) >= 11 is 0. The topological polar surface area (TPSA) is 59.4 Å². The average Bonchev–Trinajstić information content (AvgIpc) is 3.09. The smallest absolute Gasteiger partial charge is 0.258 e. The van der Waals surface area contributed by atoms with Crippen molar-refractivity contribution in [2.75, 3.05) is 33.1 Å². The van der Waals surface area contributed by atoms with Gasteiger partial charge in [-0.15, -0.1) is 0 Å². The van der Waals surface area contributed by atoms with Gasteiger partial charge in [0.1, 0.15) is 5.75 Å². The number of ether oxygens (including phenoxy) is 1. The number of carbonyl (C=O) groups is 1. The third-order valence-corrected chi connectivity index (χ3v) is 4.02. The van der Waals surface area contributed by atoms with Gasteiger partial charge in [-0.1, -0.05) is 30.3 Å². The van der Waals surface area contributed by atoms with Crippen molar-refractivity contribution in [3.05, 3.63) is 54.4 Å². The number of fused-ring (bicyclic) bond motifs is 1. The van der Waals surface area contributed by atoms with Crippen LogP contribution in [0.15, 0.2) is 48.8 Å². The number of nitrogens with one attached hydrogen (secondary N) is 1. The minimum atomic E-state index is -0.203. The number of hydrogen-bond acceptors (Lipinski definition) is 4. The van der Waals surface area contributed by atoms with E-state index in [2.05, 4.69) is 15.3 Å². The molecule has 0 radical (unpaired) electrons. The molecule has 0 fully saturated rings.